The maximum Gasteiger partial charge on any atom is 0.264 e. The van der Waals surface area contributed by atoms with E-state index in [0.29, 0.717) is 28.1 Å². The molecule has 1 amide bonds. The Balaban J connectivity index is 1.55. The van der Waals surface area contributed by atoms with Crippen molar-refractivity contribution in [2.24, 2.45) is 4.99 Å². The number of aryl methyl sites for hydroxylation is 1. The van der Waals surface area contributed by atoms with E-state index < -0.39 is 0 Å². The van der Waals surface area contributed by atoms with E-state index in [1.807, 2.05) is 72.8 Å². The van der Waals surface area contributed by atoms with Crippen molar-refractivity contribution in [3.8, 4) is 5.75 Å². The quantitative estimate of drug-likeness (QED) is 0.223. The molecule has 1 fully saturated rings. The van der Waals surface area contributed by atoms with E-state index in [9.17, 15) is 4.79 Å². The number of amides is 1. The van der Waals surface area contributed by atoms with Gasteiger partial charge in [-0.15, -0.1) is 6.58 Å². The summed E-state index contributed by atoms with van der Waals surface area (Å²) >= 11 is 11.2. The lowest BCUT2D eigenvalue weighted by Gasteiger charge is -2.14. The predicted octanol–water partition coefficient (Wildman–Crippen LogP) is 7.86. The molecule has 0 aliphatic carbocycles. The van der Waals surface area contributed by atoms with Crippen molar-refractivity contribution in [3.05, 3.63) is 110 Å². The van der Waals surface area contributed by atoms with Crippen LogP contribution in [-0.2, 0) is 24.2 Å². The summed E-state index contributed by atoms with van der Waals surface area (Å²) in [6.45, 7) is 6.33. The summed E-state index contributed by atoms with van der Waals surface area (Å²) in [4.78, 5) is 17.7. The molecule has 1 heterocycles. The van der Waals surface area contributed by atoms with Crippen molar-refractivity contribution in [1.29, 1.82) is 0 Å². The van der Waals surface area contributed by atoms with Crippen LogP contribution in [0.4, 0.5) is 5.69 Å². The number of halogens is 2. The number of hydrogen-bond donors (Lipinski definition) is 1. The highest BCUT2D eigenvalue weighted by Gasteiger charge is 2.24. The zero-order chi connectivity index (χ0) is 24.8. The molecule has 0 unspecified atom stereocenters. The summed E-state index contributed by atoms with van der Waals surface area (Å²) in [5.41, 5.74) is 4.80. The van der Waals surface area contributed by atoms with Crippen LogP contribution >= 0.6 is 39.3 Å². The smallest absolute Gasteiger partial charge is 0.264 e. The van der Waals surface area contributed by atoms with Crippen molar-refractivity contribution < 1.29 is 9.53 Å². The molecule has 1 N–H and O–H groups in total. The molecule has 0 spiro atoms. The Hall–Kier alpha value is -2.80. The lowest BCUT2D eigenvalue weighted by Crippen LogP contribution is -2.19. The molecular formula is C28H24BrClN2O2S. The summed E-state index contributed by atoms with van der Waals surface area (Å²) in [7, 11) is 0. The van der Waals surface area contributed by atoms with Gasteiger partial charge in [0, 0.05) is 10.6 Å². The Morgan fingerprint density at radius 1 is 1.14 bits per heavy atom. The van der Waals surface area contributed by atoms with Gasteiger partial charge in [-0.05, 0) is 93.6 Å². The number of benzene rings is 3. The van der Waals surface area contributed by atoms with Crippen LogP contribution in [0.3, 0.4) is 0 Å². The molecule has 0 atom stereocenters. The fraction of sp³-hybridized carbons (Fsp3) is 0.143. The van der Waals surface area contributed by atoms with Crippen LogP contribution < -0.4 is 10.1 Å². The molecule has 0 radical (unpaired) electrons. The van der Waals surface area contributed by atoms with E-state index in [1.54, 1.807) is 0 Å². The highest BCUT2D eigenvalue weighted by atomic mass is 79.9. The average Bonchev–Trinajstić information content (AvgIpc) is 3.18. The van der Waals surface area contributed by atoms with E-state index in [-0.39, 0.29) is 5.91 Å². The van der Waals surface area contributed by atoms with Gasteiger partial charge in [-0.25, -0.2) is 4.99 Å². The van der Waals surface area contributed by atoms with E-state index in [4.69, 9.17) is 16.3 Å². The predicted molar refractivity (Wildman–Crippen MR) is 150 cm³/mol. The van der Waals surface area contributed by atoms with E-state index in [2.05, 4.69) is 39.7 Å². The summed E-state index contributed by atoms with van der Waals surface area (Å²) in [5, 5.41) is 4.08. The Bertz CT molecular complexity index is 1320. The standard InChI is InChI=1S/C28H24BrClN2O2S/c1-3-7-20-14-19(15-23(29)26(20)34-17-21-8-5-6-9-24(21)30)16-25-27(33)32-28(35-25)31-22-12-10-18(4-2)11-13-22/h3,5-6,8-16H,1,4,7,17H2,2H3,(H,31,32,33)/b25-16-. The fourth-order valence-corrected chi connectivity index (χ4v) is 5.21. The van der Waals surface area contributed by atoms with Gasteiger partial charge in [0.2, 0.25) is 0 Å². The minimum absolute atomic E-state index is 0.167. The first-order valence-electron chi connectivity index (χ1n) is 11.1. The van der Waals surface area contributed by atoms with E-state index in [1.165, 1.54) is 17.3 Å². The Kier molecular flexibility index (Phi) is 8.50. The first-order chi connectivity index (χ1) is 17.0. The third-order valence-corrected chi connectivity index (χ3v) is 7.23. The average molecular weight is 568 g/mol. The molecule has 4 nitrogen and oxygen atoms in total. The maximum absolute atomic E-state index is 12.6. The number of aliphatic imine (C=N–C) groups is 1. The largest absolute Gasteiger partial charge is 0.487 e. The lowest BCUT2D eigenvalue weighted by atomic mass is 10.1. The van der Waals surface area contributed by atoms with Gasteiger partial charge in [-0.2, -0.15) is 0 Å². The number of rotatable bonds is 8. The summed E-state index contributed by atoms with van der Waals surface area (Å²) in [6.07, 6.45) is 5.28. The van der Waals surface area contributed by atoms with Crippen LogP contribution in [0.15, 0.2) is 87.7 Å². The van der Waals surface area contributed by atoms with Crippen molar-refractivity contribution in [2.75, 3.05) is 0 Å². The Morgan fingerprint density at radius 3 is 2.63 bits per heavy atom. The van der Waals surface area contributed by atoms with Gasteiger partial charge in [0.05, 0.1) is 15.1 Å². The van der Waals surface area contributed by atoms with Crippen molar-refractivity contribution in [3.63, 3.8) is 0 Å². The van der Waals surface area contributed by atoms with Crippen LogP contribution in [0.2, 0.25) is 5.02 Å². The normalized spacial score (nSPS) is 15.5. The molecule has 1 saturated heterocycles. The number of nitrogens with one attached hydrogen (secondary N) is 1. The lowest BCUT2D eigenvalue weighted by molar-refractivity contribution is -0.115. The number of carbonyl (C=O) groups is 1. The number of nitrogens with zero attached hydrogens (tertiary/aromatic N) is 1. The van der Waals surface area contributed by atoms with Gasteiger partial charge in [-0.3, -0.25) is 4.79 Å². The second kappa shape index (κ2) is 11.8. The molecule has 35 heavy (non-hydrogen) atoms. The highest BCUT2D eigenvalue weighted by molar-refractivity contribution is 9.10. The molecule has 7 heteroatoms. The second-order valence-electron chi connectivity index (χ2n) is 7.87. The fourth-order valence-electron chi connectivity index (χ4n) is 3.55. The van der Waals surface area contributed by atoms with Crippen LogP contribution in [0.25, 0.3) is 6.08 Å². The van der Waals surface area contributed by atoms with Crippen molar-refractivity contribution in [2.45, 2.75) is 26.4 Å². The molecule has 0 bridgehead atoms. The van der Waals surface area contributed by atoms with Gasteiger partial charge in [0.15, 0.2) is 5.17 Å². The van der Waals surface area contributed by atoms with Gasteiger partial charge < -0.3 is 10.1 Å². The van der Waals surface area contributed by atoms with E-state index in [0.717, 1.165) is 39.0 Å². The first kappa shape index (κ1) is 25.3. The van der Waals surface area contributed by atoms with Gasteiger partial charge in [-0.1, -0.05) is 54.9 Å². The summed E-state index contributed by atoms with van der Waals surface area (Å²) in [6, 6.07) is 19.6. The van der Waals surface area contributed by atoms with Gasteiger partial charge >= 0.3 is 0 Å². The number of carbonyl (C=O) groups excluding carboxylic acids is 1. The minimum atomic E-state index is -0.167. The van der Waals surface area contributed by atoms with E-state index >= 15 is 0 Å². The van der Waals surface area contributed by atoms with Crippen molar-refractivity contribution in [1.82, 2.24) is 5.32 Å². The number of ether oxygens (including phenoxy) is 1. The molecule has 0 aromatic heterocycles. The summed E-state index contributed by atoms with van der Waals surface area (Å²) in [5.74, 6) is 0.563. The third kappa shape index (κ3) is 6.45. The Morgan fingerprint density at radius 2 is 1.91 bits per heavy atom. The number of hydrogen-bond acceptors (Lipinski definition) is 4. The van der Waals surface area contributed by atoms with Crippen molar-refractivity contribution >= 4 is 62.1 Å². The van der Waals surface area contributed by atoms with Crippen LogP contribution in [-0.4, -0.2) is 11.1 Å². The summed E-state index contributed by atoms with van der Waals surface area (Å²) < 4.78 is 6.93. The second-order valence-corrected chi connectivity index (χ2v) is 10.2. The molecule has 4 rings (SSSR count). The molecule has 1 aliphatic heterocycles. The number of amidine groups is 1. The zero-order valence-corrected chi connectivity index (χ0v) is 22.3. The SMILES string of the molecule is C=CCc1cc(/C=C2\SC(=Nc3ccc(CC)cc3)NC2=O)cc(Br)c1OCc1ccccc1Cl. The topological polar surface area (TPSA) is 50.7 Å². The van der Waals surface area contributed by atoms with Gasteiger partial charge in [0.1, 0.15) is 12.4 Å². The molecule has 3 aromatic carbocycles. The molecule has 1 aliphatic rings. The number of thioether (sulfide) groups is 1. The zero-order valence-electron chi connectivity index (χ0n) is 19.2. The molecule has 0 saturated carbocycles. The van der Waals surface area contributed by atoms with Crippen LogP contribution in [0.5, 0.6) is 5.75 Å². The Labute approximate surface area is 223 Å². The first-order valence-corrected chi connectivity index (χ1v) is 13.1. The molecule has 3 aromatic rings. The van der Waals surface area contributed by atoms with Gasteiger partial charge in [0.25, 0.3) is 5.91 Å². The monoisotopic (exact) mass is 566 g/mol. The third-order valence-electron chi connectivity index (χ3n) is 5.36. The molecule has 178 valence electrons. The maximum atomic E-state index is 12.6. The number of allylic oxidation sites excluding steroid dienone is 1. The highest BCUT2D eigenvalue weighted by Crippen LogP contribution is 2.35. The molecular weight excluding hydrogens is 544 g/mol. The minimum Gasteiger partial charge on any atom is -0.487 e. The van der Waals surface area contributed by atoms with Crippen LogP contribution in [0, 0.1) is 0 Å². The van der Waals surface area contributed by atoms with Crippen LogP contribution in [0.1, 0.15) is 29.2 Å².